The van der Waals surface area contributed by atoms with Gasteiger partial charge in [-0.2, -0.15) is 0 Å². The van der Waals surface area contributed by atoms with Gasteiger partial charge in [-0.3, -0.25) is 0 Å². The summed E-state index contributed by atoms with van der Waals surface area (Å²) in [4.78, 5) is -0.0138. The number of rotatable bonds is 4. The molecule has 1 unspecified atom stereocenters. The summed E-state index contributed by atoms with van der Waals surface area (Å²) >= 11 is 15.4. The smallest absolute Gasteiger partial charge is 0.165 e. The van der Waals surface area contributed by atoms with E-state index in [0.29, 0.717) is 16.5 Å². The van der Waals surface area contributed by atoms with Gasteiger partial charge in [-0.1, -0.05) is 51.3 Å². The second kappa shape index (κ2) is 6.79. The van der Waals surface area contributed by atoms with Crippen molar-refractivity contribution in [2.24, 2.45) is 0 Å². The van der Waals surface area contributed by atoms with Crippen LogP contribution in [-0.2, 0) is 6.42 Å². The Balaban J connectivity index is 2.17. The zero-order valence-corrected chi connectivity index (χ0v) is 13.8. The Bertz CT molecular complexity index is 619. The minimum absolute atomic E-state index is 0.0138. The molecule has 0 aliphatic rings. The SMILES string of the molecule is COc1ccc(C(Br)Cc2ccc(Cl)c(Cl)c2)cc1F. The summed E-state index contributed by atoms with van der Waals surface area (Å²) in [6.07, 6.45) is 0.683. The van der Waals surface area contributed by atoms with Gasteiger partial charge in [0.2, 0.25) is 0 Å². The normalized spacial score (nSPS) is 12.2. The fourth-order valence-electron chi connectivity index (χ4n) is 1.87. The third kappa shape index (κ3) is 3.66. The second-order valence-corrected chi connectivity index (χ2v) is 6.23. The fraction of sp³-hybridized carbons (Fsp3) is 0.200. The molecule has 0 saturated heterocycles. The van der Waals surface area contributed by atoms with Crippen LogP contribution in [0, 0.1) is 5.82 Å². The van der Waals surface area contributed by atoms with Gasteiger partial charge in [0.15, 0.2) is 11.6 Å². The molecule has 0 aliphatic heterocycles. The van der Waals surface area contributed by atoms with E-state index in [2.05, 4.69) is 15.9 Å². The van der Waals surface area contributed by atoms with E-state index in [9.17, 15) is 4.39 Å². The first-order valence-corrected chi connectivity index (χ1v) is 7.60. The lowest BCUT2D eigenvalue weighted by Gasteiger charge is -2.12. The molecule has 2 aromatic carbocycles. The molecule has 0 spiro atoms. The van der Waals surface area contributed by atoms with Crippen molar-refractivity contribution in [3.63, 3.8) is 0 Å². The maximum atomic E-state index is 13.7. The average Bonchev–Trinajstić information content (AvgIpc) is 2.42. The fourth-order valence-corrected chi connectivity index (χ4v) is 2.85. The Hall–Kier alpha value is -0.770. The van der Waals surface area contributed by atoms with Crippen LogP contribution >= 0.6 is 39.1 Å². The molecule has 106 valence electrons. The number of halogens is 4. The van der Waals surface area contributed by atoms with E-state index in [-0.39, 0.29) is 16.4 Å². The molecule has 1 atom stereocenters. The molecule has 0 heterocycles. The van der Waals surface area contributed by atoms with E-state index in [1.807, 2.05) is 18.2 Å². The van der Waals surface area contributed by atoms with Gasteiger partial charge in [-0.15, -0.1) is 0 Å². The Kier molecular flexibility index (Phi) is 5.30. The van der Waals surface area contributed by atoms with Gasteiger partial charge in [-0.25, -0.2) is 4.39 Å². The van der Waals surface area contributed by atoms with E-state index >= 15 is 0 Å². The highest BCUT2D eigenvalue weighted by molar-refractivity contribution is 9.09. The van der Waals surface area contributed by atoms with Crippen LogP contribution < -0.4 is 4.74 Å². The highest BCUT2D eigenvalue weighted by atomic mass is 79.9. The molecule has 2 aromatic rings. The first-order valence-electron chi connectivity index (χ1n) is 5.92. The molecular formula is C15H12BrCl2FO. The molecule has 5 heteroatoms. The first kappa shape index (κ1) is 15.6. The third-order valence-electron chi connectivity index (χ3n) is 2.94. The topological polar surface area (TPSA) is 9.23 Å². The highest BCUT2D eigenvalue weighted by Gasteiger charge is 2.12. The van der Waals surface area contributed by atoms with Gasteiger partial charge >= 0.3 is 0 Å². The summed E-state index contributed by atoms with van der Waals surface area (Å²) in [5.41, 5.74) is 1.87. The Morgan fingerprint density at radius 1 is 1.15 bits per heavy atom. The molecule has 0 saturated carbocycles. The van der Waals surface area contributed by atoms with Crippen LogP contribution in [0.15, 0.2) is 36.4 Å². The zero-order chi connectivity index (χ0) is 14.7. The Labute approximate surface area is 135 Å². The number of ether oxygens (including phenoxy) is 1. The van der Waals surface area contributed by atoms with E-state index in [0.717, 1.165) is 11.1 Å². The van der Waals surface area contributed by atoms with Crippen LogP contribution in [-0.4, -0.2) is 7.11 Å². The van der Waals surface area contributed by atoms with Gasteiger partial charge in [0.05, 0.1) is 17.2 Å². The Morgan fingerprint density at radius 3 is 2.50 bits per heavy atom. The first-order chi connectivity index (χ1) is 9.51. The summed E-state index contributed by atoms with van der Waals surface area (Å²) < 4.78 is 18.6. The molecule has 0 aromatic heterocycles. The minimum atomic E-state index is -0.372. The predicted octanol–water partition coefficient (Wildman–Crippen LogP) is 5.82. The van der Waals surface area contributed by atoms with Gasteiger partial charge in [-0.05, 0) is 41.8 Å². The molecule has 1 nitrogen and oxygen atoms in total. The summed E-state index contributed by atoms with van der Waals surface area (Å²) in [5, 5.41) is 1.04. The number of hydrogen-bond donors (Lipinski definition) is 0. The van der Waals surface area contributed by atoms with Crippen LogP contribution in [0.25, 0.3) is 0 Å². The standard InChI is InChI=1S/C15H12BrCl2FO/c1-20-15-5-3-10(8-14(15)19)11(16)6-9-2-4-12(17)13(18)7-9/h2-5,7-8,11H,6H2,1H3. The number of methoxy groups -OCH3 is 1. The summed E-state index contributed by atoms with van der Waals surface area (Å²) in [6, 6.07) is 10.4. The summed E-state index contributed by atoms with van der Waals surface area (Å²) in [6.45, 7) is 0. The molecule has 0 amide bonds. The van der Waals surface area contributed by atoms with Crippen molar-refractivity contribution in [1.82, 2.24) is 0 Å². The lowest BCUT2D eigenvalue weighted by atomic mass is 10.0. The zero-order valence-electron chi connectivity index (χ0n) is 10.7. The number of benzene rings is 2. The Morgan fingerprint density at radius 2 is 1.90 bits per heavy atom. The van der Waals surface area contributed by atoms with Crippen molar-refractivity contribution in [2.75, 3.05) is 7.11 Å². The van der Waals surface area contributed by atoms with Crippen molar-refractivity contribution >= 4 is 39.1 Å². The van der Waals surface area contributed by atoms with Crippen LogP contribution in [0.1, 0.15) is 16.0 Å². The highest BCUT2D eigenvalue weighted by Crippen LogP contribution is 2.31. The molecular weight excluding hydrogens is 366 g/mol. The van der Waals surface area contributed by atoms with Crippen LogP contribution in [0.3, 0.4) is 0 Å². The number of alkyl halides is 1. The summed E-state index contributed by atoms with van der Waals surface area (Å²) in [5.74, 6) is -0.133. The molecule has 20 heavy (non-hydrogen) atoms. The minimum Gasteiger partial charge on any atom is -0.494 e. The molecule has 0 radical (unpaired) electrons. The van der Waals surface area contributed by atoms with Crippen LogP contribution in [0.5, 0.6) is 5.75 Å². The van der Waals surface area contributed by atoms with E-state index in [1.54, 1.807) is 12.1 Å². The van der Waals surface area contributed by atoms with Gasteiger partial charge < -0.3 is 4.74 Å². The van der Waals surface area contributed by atoms with Crippen molar-refractivity contribution in [3.05, 3.63) is 63.4 Å². The lowest BCUT2D eigenvalue weighted by molar-refractivity contribution is 0.386. The molecule has 0 aliphatic carbocycles. The van der Waals surface area contributed by atoms with E-state index in [1.165, 1.54) is 13.2 Å². The van der Waals surface area contributed by atoms with Gasteiger partial charge in [0, 0.05) is 4.83 Å². The van der Waals surface area contributed by atoms with Gasteiger partial charge in [0.1, 0.15) is 0 Å². The van der Waals surface area contributed by atoms with E-state index in [4.69, 9.17) is 27.9 Å². The van der Waals surface area contributed by atoms with Crippen LogP contribution in [0.2, 0.25) is 10.0 Å². The molecule has 0 N–H and O–H groups in total. The molecule has 0 fully saturated rings. The summed E-state index contributed by atoms with van der Waals surface area (Å²) in [7, 11) is 1.44. The quantitative estimate of drug-likeness (QED) is 0.610. The predicted molar refractivity (Wildman–Crippen MR) is 84.8 cm³/mol. The monoisotopic (exact) mass is 376 g/mol. The van der Waals surface area contributed by atoms with Crippen molar-refractivity contribution in [2.45, 2.75) is 11.2 Å². The molecule has 2 rings (SSSR count). The maximum Gasteiger partial charge on any atom is 0.165 e. The third-order valence-corrected chi connectivity index (χ3v) is 4.53. The lowest BCUT2D eigenvalue weighted by Crippen LogP contribution is -1.97. The second-order valence-electron chi connectivity index (χ2n) is 4.31. The maximum absolute atomic E-state index is 13.7. The number of hydrogen-bond acceptors (Lipinski definition) is 1. The van der Waals surface area contributed by atoms with Gasteiger partial charge in [0.25, 0.3) is 0 Å². The van der Waals surface area contributed by atoms with Crippen molar-refractivity contribution in [1.29, 1.82) is 0 Å². The van der Waals surface area contributed by atoms with Crippen molar-refractivity contribution < 1.29 is 9.13 Å². The molecule has 0 bridgehead atoms. The van der Waals surface area contributed by atoms with Crippen molar-refractivity contribution in [3.8, 4) is 5.75 Å². The van der Waals surface area contributed by atoms with Crippen LogP contribution in [0.4, 0.5) is 4.39 Å². The average molecular weight is 378 g/mol. The largest absolute Gasteiger partial charge is 0.494 e. The van der Waals surface area contributed by atoms with E-state index < -0.39 is 0 Å².